The van der Waals surface area contributed by atoms with Crippen molar-refractivity contribution in [2.24, 2.45) is 0 Å². The van der Waals surface area contributed by atoms with Crippen molar-refractivity contribution in [3.05, 3.63) is 53.2 Å². The van der Waals surface area contributed by atoms with E-state index in [1.807, 2.05) is 6.92 Å². The number of rotatable bonds is 3. The summed E-state index contributed by atoms with van der Waals surface area (Å²) in [6.07, 6.45) is 1.07. The van der Waals surface area contributed by atoms with Crippen molar-refractivity contribution in [3.63, 3.8) is 0 Å². The van der Waals surface area contributed by atoms with Crippen LogP contribution in [0.1, 0.15) is 23.7 Å². The molecule has 0 aliphatic rings. The van der Waals surface area contributed by atoms with Gasteiger partial charge in [0.15, 0.2) is 0 Å². The molecular formula is C15H17NS. The molecule has 0 saturated heterocycles. The predicted octanol–water partition coefficient (Wildman–Crippen LogP) is 4.05. The summed E-state index contributed by atoms with van der Waals surface area (Å²) < 4.78 is 0. The average Bonchev–Trinajstić information content (AvgIpc) is 2.39. The van der Waals surface area contributed by atoms with Crippen LogP contribution in [-0.2, 0) is 12.2 Å². The molecule has 17 heavy (non-hydrogen) atoms. The van der Waals surface area contributed by atoms with Crippen molar-refractivity contribution in [1.82, 2.24) is 4.98 Å². The fourth-order valence-corrected chi connectivity index (χ4v) is 2.16. The van der Waals surface area contributed by atoms with E-state index in [1.165, 1.54) is 16.7 Å². The topological polar surface area (TPSA) is 12.9 Å². The minimum absolute atomic E-state index is 0.744. The van der Waals surface area contributed by atoms with Crippen molar-refractivity contribution < 1.29 is 0 Å². The Hall–Kier alpha value is -1.28. The van der Waals surface area contributed by atoms with E-state index < -0.39 is 0 Å². The largest absolute Gasteiger partial charge is 0.253 e. The first-order chi connectivity index (χ1) is 8.24. The van der Waals surface area contributed by atoms with Gasteiger partial charge in [0.25, 0.3) is 0 Å². The molecule has 2 rings (SSSR count). The van der Waals surface area contributed by atoms with E-state index in [9.17, 15) is 0 Å². The lowest BCUT2D eigenvalue weighted by atomic mass is 10.1. The Bertz CT molecular complexity index is 503. The van der Waals surface area contributed by atoms with Gasteiger partial charge >= 0.3 is 0 Å². The van der Waals surface area contributed by atoms with Crippen molar-refractivity contribution in [2.45, 2.75) is 26.0 Å². The minimum atomic E-state index is 0.744. The van der Waals surface area contributed by atoms with E-state index in [-0.39, 0.29) is 0 Å². The lowest BCUT2D eigenvalue weighted by Crippen LogP contribution is -1.92. The van der Waals surface area contributed by atoms with E-state index in [1.54, 1.807) is 0 Å². The molecule has 0 unspecified atom stereocenters. The summed E-state index contributed by atoms with van der Waals surface area (Å²) in [7, 11) is 0. The quantitative estimate of drug-likeness (QED) is 0.802. The maximum Gasteiger partial charge on any atom is 0.0705 e. The zero-order valence-corrected chi connectivity index (χ0v) is 11.2. The van der Waals surface area contributed by atoms with Gasteiger partial charge in [0, 0.05) is 17.0 Å². The molecule has 1 aromatic heterocycles. The van der Waals surface area contributed by atoms with Crippen molar-refractivity contribution >= 4 is 12.6 Å². The monoisotopic (exact) mass is 243 g/mol. The van der Waals surface area contributed by atoms with Crippen LogP contribution in [-0.4, -0.2) is 4.98 Å². The fourth-order valence-electron chi connectivity index (χ4n) is 1.83. The van der Waals surface area contributed by atoms with E-state index >= 15 is 0 Å². The normalized spacial score (nSPS) is 10.5. The standard InChI is InChI=1S/C15H17NS/c1-3-12-4-6-13(7-5-12)15-9-8-14(10-17)11(2)16-15/h4-9,17H,3,10H2,1-2H3. The molecule has 0 spiro atoms. The number of aromatic nitrogens is 1. The van der Waals surface area contributed by atoms with Gasteiger partial charge in [-0.25, -0.2) is 0 Å². The van der Waals surface area contributed by atoms with Crippen molar-refractivity contribution in [3.8, 4) is 11.3 Å². The second kappa shape index (κ2) is 5.37. The highest BCUT2D eigenvalue weighted by Crippen LogP contribution is 2.20. The first-order valence-corrected chi connectivity index (χ1v) is 6.54. The third-order valence-corrected chi connectivity index (χ3v) is 3.36. The van der Waals surface area contributed by atoms with Crippen molar-refractivity contribution in [2.75, 3.05) is 0 Å². The minimum Gasteiger partial charge on any atom is -0.253 e. The molecule has 0 amide bonds. The maximum atomic E-state index is 4.62. The molecule has 0 N–H and O–H groups in total. The molecular weight excluding hydrogens is 226 g/mol. The lowest BCUT2D eigenvalue weighted by Gasteiger charge is -2.06. The average molecular weight is 243 g/mol. The van der Waals surface area contributed by atoms with Crippen LogP contribution in [0.5, 0.6) is 0 Å². The van der Waals surface area contributed by atoms with Crippen LogP contribution in [0, 0.1) is 6.92 Å². The van der Waals surface area contributed by atoms with E-state index in [0.29, 0.717) is 0 Å². The Morgan fingerprint density at radius 2 is 1.76 bits per heavy atom. The Balaban J connectivity index is 2.35. The first kappa shape index (κ1) is 12.2. The van der Waals surface area contributed by atoms with Crippen molar-refractivity contribution in [1.29, 1.82) is 0 Å². The molecule has 1 aromatic carbocycles. The lowest BCUT2D eigenvalue weighted by molar-refractivity contribution is 1.13. The molecule has 0 aliphatic heterocycles. The summed E-state index contributed by atoms with van der Waals surface area (Å²) in [4.78, 5) is 4.62. The van der Waals surface area contributed by atoms with Gasteiger partial charge in [-0.15, -0.1) is 0 Å². The molecule has 2 heteroatoms. The second-order valence-corrected chi connectivity index (χ2v) is 4.47. The zero-order valence-electron chi connectivity index (χ0n) is 10.3. The summed E-state index contributed by atoms with van der Waals surface area (Å²) in [6, 6.07) is 12.8. The van der Waals surface area contributed by atoms with Gasteiger partial charge < -0.3 is 0 Å². The maximum absolute atomic E-state index is 4.62. The molecule has 0 saturated carbocycles. The summed E-state index contributed by atoms with van der Waals surface area (Å²) in [5, 5.41) is 0. The number of benzene rings is 1. The van der Waals surface area contributed by atoms with Crippen LogP contribution in [0.4, 0.5) is 0 Å². The molecule has 1 nitrogen and oxygen atoms in total. The molecule has 0 radical (unpaired) electrons. The third-order valence-electron chi connectivity index (χ3n) is 3.02. The van der Waals surface area contributed by atoms with Gasteiger partial charge in [-0.05, 0) is 30.5 Å². The highest BCUT2D eigenvalue weighted by atomic mass is 32.1. The molecule has 0 atom stereocenters. The SMILES string of the molecule is CCc1ccc(-c2ccc(CS)c(C)n2)cc1. The van der Waals surface area contributed by atoms with Crippen LogP contribution in [0.25, 0.3) is 11.3 Å². The van der Waals surface area contributed by atoms with Gasteiger partial charge in [-0.1, -0.05) is 37.3 Å². The number of hydrogen-bond acceptors (Lipinski definition) is 2. The van der Waals surface area contributed by atoms with Crippen LogP contribution in [0.15, 0.2) is 36.4 Å². The smallest absolute Gasteiger partial charge is 0.0705 e. The number of pyridine rings is 1. The summed E-state index contributed by atoms with van der Waals surface area (Å²) in [5.74, 6) is 0.744. The molecule has 88 valence electrons. The molecule has 0 fully saturated rings. The highest BCUT2D eigenvalue weighted by molar-refractivity contribution is 7.79. The van der Waals surface area contributed by atoms with Gasteiger partial charge in [0.1, 0.15) is 0 Å². The molecule has 1 heterocycles. The predicted molar refractivity (Wildman–Crippen MR) is 76.5 cm³/mol. The third kappa shape index (κ3) is 2.70. The fraction of sp³-hybridized carbons (Fsp3) is 0.267. The van der Waals surface area contributed by atoms with E-state index in [2.05, 4.69) is 60.9 Å². The summed E-state index contributed by atoms with van der Waals surface area (Å²) >= 11 is 4.29. The number of thiol groups is 1. The molecule has 0 bridgehead atoms. The van der Waals surface area contributed by atoms with Crippen LogP contribution < -0.4 is 0 Å². The van der Waals surface area contributed by atoms with Gasteiger partial charge in [0.2, 0.25) is 0 Å². The van der Waals surface area contributed by atoms with E-state index in [0.717, 1.165) is 23.6 Å². The Kier molecular flexibility index (Phi) is 3.85. The second-order valence-electron chi connectivity index (χ2n) is 4.15. The number of nitrogens with zero attached hydrogens (tertiary/aromatic N) is 1. The van der Waals surface area contributed by atoms with Crippen LogP contribution in [0.3, 0.4) is 0 Å². The van der Waals surface area contributed by atoms with Gasteiger partial charge in [-0.3, -0.25) is 4.98 Å². The Morgan fingerprint density at radius 1 is 1.06 bits per heavy atom. The molecule has 2 aromatic rings. The van der Waals surface area contributed by atoms with Gasteiger partial charge in [-0.2, -0.15) is 12.6 Å². The summed E-state index contributed by atoms with van der Waals surface area (Å²) in [5.41, 5.74) is 5.84. The zero-order chi connectivity index (χ0) is 12.3. The van der Waals surface area contributed by atoms with Gasteiger partial charge in [0.05, 0.1) is 5.69 Å². The number of aryl methyl sites for hydroxylation is 2. The van der Waals surface area contributed by atoms with E-state index in [4.69, 9.17) is 0 Å². The highest BCUT2D eigenvalue weighted by Gasteiger charge is 2.02. The summed E-state index contributed by atoms with van der Waals surface area (Å²) in [6.45, 7) is 4.20. The van der Waals surface area contributed by atoms with Crippen LogP contribution >= 0.6 is 12.6 Å². The Morgan fingerprint density at radius 3 is 2.29 bits per heavy atom. The van der Waals surface area contributed by atoms with Crippen LogP contribution in [0.2, 0.25) is 0 Å². The molecule has 0 aliphatic carbocycles. The number of hydrogen-bond donors (Lipinski definition) is 1. The first-order valence-electron chi connectivity index (χ1n) is 5.91. The Labute approximate surface area is 108 Å².